The van der Waals surface area contributed by atoms with Crippen LogP contribution in [-0.2, 0) is 14.4 Å². The average molecular weight is 358 g/mol. The summed E-state index contributed by atoms with van der Waals surface area (Å²) < 4.78 is 0.776. The van der Waals surface area contributed by atoms with Crippen LogP contribution in [0.3, 0.4) is 0 Å². The molecule has 1 aliphatic heterocycles. The van der Waals surface area contributed by atoms with Gasteiger partial charge in [0.2, 0.25) is 17.7 Å². The van der Waals surface area contributed by atoms with E-state index in [2.05, 4.69) is 10.3 Å². The number of rotatable bonds is 3. The Balaban J connectivity index is 1.75. The van der Waals surface area contributed by atoms with Crippen molar-refractivity contribution in [2.24, 2.45) is 0 Å². The summed E-state index contributed by atoms with van der Waals surface area (Å²) in [5, 5.41) is 3.60. The van der Waals surface area contributed by atoms with Gasteiger partial charge in [0, 0.05) is 12.8 Å². The summed E-state index contributed by atoms with van der Waals surface area (Å²) in [6, 6.07) is 3.40. The van der Waals surface area contributed by atoms with Crippen LogP contribution in [0.25, 0.3) is 10.2 Å². The smallest absolute Gasteiger partial charge is 0.246 e. The van der Waals surface area contributed by atoms with Crippen molar-refractivity contribution in [1.82, 2.24) is 9.88 Å². The van der Waals surface area contributed by atoms with Crippen LogP contribution in [0.4, 0.5) is 5.13 Å². The molecular weight excluding hydrogens is 349 g/mol. The third-order valence-corrected chi connectivity index (χ3v) is 4.89. The molecule has 0 aliphatic carbocycles. The average Bonchev–Trinajstić information content (AvgIpc) is 3.01. The molecule has 2 aromatic rings. The molecule has 1 aromatic carbocycles. The first-order chi connectivity index (χ1) is 10.5. The van der Waals surface area contributed by atoms with E-state index in [1.165, 1.54) is 11.3 Å². The summed E-state index contributed by atoms with van der Waals surface area (Å²) in [6.07, 6.45) is 0.308. The lowest BCUT2D eigenvalue weighted by Crippen LogP contribution is -2.36. The number of amides is 3. The number of nitrogens with one attached hydrogen (secondary N) is 1. The number of benzene rings is 1. The number of carbonyl (C=O) groups excluding carboxylic acids is 3. The van der Waals surface area contributed by atoms with Gasteiger partial charge in [-0.3, -0.25) is 19.3 Å². The van der Waals surface area contributed by atoms with Crippen LogP contribution in [0, 0.1) is 0 Å². The van der Waals surface area contributed by atoms with Gasteiger partial charge in [-0.25, -0.2) is 4.98 Å². The molecule has 22 heavy (non-hydrogen) atoms. The van der Waals surface area contributed by atoms with Crippen molar-refractivity contribution in [2.75, 3.05) is 11.9 Å². The Hall–Kier alpha value is -1.70. The highest BCUT2D eigenvalue weighted by Gasteiger charge is 2.30. The predicted molar refractivity (Wildman–Crippen MR) is 84.2 cm³/mol. The van der Waals surface area contributed by atoms with Crippen LogP contribution >= 0.6 is 34.5 Å². The van der Waals surface area contributed by atoms with Gasteiger partial charge in [0.25, 0.3) is 0 Å². The first kappa shape index (κ1) is 15.2. The monoisotopic (exact) mass is 357 g/mol. The lowest BCUT2D eigenvalue weighted by atomic mass is 10.3. The quantitative estimate of drug-likeness (QED) is 0.856. The molecule has 3 rings (SSSR count). The Kier molecular flexibility index (Phi) is 4.03. The summed E-state index contributed by atoms with van der Waals surface area (Å²) in [5.41, 5.74) is 0.503. The second-order valence-corrected chi connectivity index (χ2v) is 6.46. The number of carbonyl (C=O) groups is 3. The van der Waals surface area contributed by atoms with E-state index < -0.39 is 5.91 Å². The molecule has 1 N–H and O–H groups in total. The number of anilines is 1. The fraction of sp³-hybridized carbons (Fsp3) is 0.231. The van der Waals surface area contributed by atoms with Gasteiger partial charge in [-0.15, -0.1) is 0 Å². The molecule has 3 amide bonds. The summed E-state index contributed by atoms with van der Waals surface area (Å²) >= 11 is 13.2. The molecule has 0 spiro atoms. The summed E-state index contributed by atoms with van der Waals surface area (Å²) in [5.74, 6) is -1.15. The number of imide groups is 1. The maximum Gasteiger partial charge on any atom is 0.246 e. The minimum absolute atomic E-state index is 0.154. The van der Waals surface area contributed by atoms with Gasteiger partial charge in [0.15, 0.2) is 5.13 Å². The highest BCUT2D eigenvalue weighted by molar-refractivity contribution is 7.22. The topological polar surface area (TPSA) is 79.4 Å². The molecule has 0 saturated carbocycles. The van der Waals surface area contributed by atoms with Gasteiger partial charge in [0.05, 0.1) is 14.7 Å². The molecule has 9 heteroatoms. The number of nitrogens with zero attached hydrogens (tertiary/aromatic N) is 2. The number of likely N-dealkylation sites (tertiary alicyclic amines) is 1. The van der Waals surface area contributed by atoms with E-state index in [1.807, 2.05) is 0 Å². The molecule has 1 aromatic heterocycles. The third kappa shape index (κ3) is 2.79. The Bertz CT molecular complexity index is 789. The van der Waals surface area contributed by atoms with Crippen LogP contribution < -0.4 is 5.32 Å². The molecule has 114 valence electrons. The Morgan fingerprint density at radius 3 is 2.64 bits per heavy atom. The highest BCUT2D eigenvalue weighted by atomic mass is 35.5. The number of hydrogen-bond acceptors (Lipinski definition) is 5. The fourth-order valence-corrected chi connectivity index (χ4v) is 3.40. The van der Waals surface area contributed by atoms with Gasteiger partial charge in [-0.2, -0.15) is 0 Å². The second kappa shape index (κ2) is 5.83. The van der Waals surface area contributed by atoms with E-state index in [-0.39, 0.29) is 31.2 Å². The number of aromatic nitrogens is 1. The van der Waals surface area contributed by atoms with Crippen LogP contribution in [-0.4, -0.2) is 34.2 Å². The zero-order valence-electron chi connectivity index (χ0n) is 11.1. The van der Waals surface area contributed by atoms with Crippen molar-refractivity contribution in [3.8, 4) is 0 Å². The zero-order chi connectivity index (χ0) is 15.9. The lowest BCUT2D eigenvalue weighted by molar-refractivity contribution is -0.141. The molecule has 1 saturated heterocycles. The van der Waals surface area contributed by atoms with Gasteiger partial charge in [-0.05, 0) is 12.1 Å². The number of hydrogen-bond donors (Lipinski definition) is 1. The van der Waals surface area contributed by atoms with Crippen molar-refractivity contribution in [1.29, 1.82) is 0 Å². The van der Waals surface area contributed by atoms with E-state index in [1.54, 1.807) is 12.1 Å². The molecule has 2 heterocycles. The standard InChI is InChI=1S/C13H9Cl2N3O3S/c14-6-1-2-7-12(11(6)15)17-13(22-7)16-8(19)5-18-9(20)3-4-10(18)21/h1-2H,3-5H2,(H,16,17,19). The van der Waals surface area contributed by atoms with E-state index in [4.69, 9.17) is 23.2 Å². The number of thiazole rings is 1. The largest absolute Gasteiger partial charge is 0.300 e. The van der Waals surface area contributed by atoms with E-state index in [0.717, 1.165) is 9.60 Å². The van der Waals surface area contributed by atoms with Crippen LogP contribution in [0.15, 0.2) is 12.1 Å². The zero-order valence-corrected chi connectivity index (χ0v) is 13.4. The van der Waals surface area contributed by atoms with Crippen LogP contribution in [0.5, 0.6) is 0 Å². The minimum atomic E-state index is -0.482. The summed E-state index contributed by atoms with van der Waals surface area (Å²) in [6.45, 7) is -0.303. The normalized spacial score (nSPS) is 14.9. The van der Waals surface area contributed by atoms with Crippen molar-refractivity contribution in [3.63, 3.8) is 0 Å². The molecule has 0 radical (unpaired) electrons. The van der Waals surface area contributed by atoms with Crippen molar-refractivity contribution < 1.29 is 14.4 Å². The molecule has 0 bridgehead atoms. The molecule has 0 unspecified atom stereocenters. The maximum absolute atomic E-state index is 11.9. The van der Waals surface area contributed by atoms with E-state index in [0.29, 0.717) is 20.7 Å². The predicted octanol–water partition coefficient (Wildman–Crippen LogP) is 2.69. The molecule has 0 atom stereocenters. The third-order valence-electron chi connectivity index (χ3n) is 3.15. The van der Waals surface area contributed by atoms with Gasteiger partial charge in [0.1, 0.15) is 12.1 Å². The highest BCUT2D eigenvalue weighted by Crippen LogP contribution is 2.35. The van der Waals surface area contributed by atoms with E-state index >= 15 is 0 Å². The fourth-order valence-electron chi connectivity index (χ4n) is 2.09. The van der Waals surface area contributed by atoms with Crippen LogP contribution in [0.2, 0.25) is 10.0 Å². The van der Waals surface area contributed by atoms with E-state index in [9.17, 15) is 14.4 Å². The molecular formula is C13H9Cl2N3O3S. The Morgan fingerprint density at radius 2 is 1.95 bits per heavy atom. The first-order valence-corrected chi connectivity index (χ1v) is 7.90. The number of halogens is 2. The summed E-state index contributed by atoms with van der Waals surface area (Å²) in [4.78, 5) is 40.0. The van der Waals surface area contributed by atoms with Crippen molar-refractivity contribution in [2.45, 2.75) is 12.8 Å². The lowest BCUT2D eigenvalue weighted by Gasteiger charge is -2.12. The minimum Gasteiger partial charge on any atom is -0.300 e. The second-order valence-electron chi connectivity index (χ2n) is 4.65. The van der Waals surface area contributed by atoms with Gasteiger partial charge < -0.3 is 5.32 Å². The molecule has 6 nitrogen and oxygen atoms in total. The SMILES string of the molecule is O=C(CN1C(=O)CCC1=O)Nc1nc2c(Cl)c(Cl)ccc2s1. The maximum atomic E-state index is 11.9. The molecule has 1 aliphatic rings. The van der Waals surface area contributed by atoms with Crippen molar-refractivity contribution >= 4 is 67.6 Å². The first-order valence-electron chi connectivity index (χ1n) is 6.33. The van der Waals surface area contributed by atoms with Gasteiger partial charge >= 0.3 is 0 Å². The van der Waals surface area contributed by atoms with Crippen LogP contribution in [0.1, 0.15) is 12.8 Å². The number of fused-ring (bicyclic) bond motifs is 1. The summed E-state index contributed by atoms with van der Waals surface area (Å²) in [7, 11) is 0. The van der Waals surface area contributed by atoms with Crippen molar-refractivity contribution in [3.05, 3.63) is 22.2 Å². The Labute approximate surface area is 139 Å². The van der Waals surface area contributed by atoms with Gasteiger partial charge in [-0.1, -0.05) is 34.5 Å². The molecule has 1 fully saturated rings. The Morgan fingerprint density at radius 1 is 1.27 bits per heavy atom.